The minimum atomic E-state index is -4.42. The van der Waals surface area contributed by atoms with Crippen LogP contribution in [0.2, 0.25) is 0 Å². The molecule has 0 aliphatic heterocycles. The zero-order valence-electron chi connectivity index (χ0n) is 9.85. The van der Waals surface area contributed by atoms with Crippen LogP contribution in [0.3, 0.4) is 0 Å². The summed E-state index contributed by atoms with van der Waals surface area (Å²) >= 11 is 0. The molecule has 0 saturated carbocycles. The van der Waals surface area contributed by atoms with Crippen LogP contribution >= 0.6 is 0 Å². The highest BCUT2D eigenvalue weighted by molar-refractivity contribution is 5.65. The van der Waals surface area contributed by atoms with Crippen LogP contribution in [0.15, 0.2) is 36.4 Å². The maximum atomic E-state index is 13.1. The van der Waals surface area contributed by atoms with Gasteiger partial charge in [-0.3, -0.25) is 0 Å². The predicted octanol–water partition coefficient (Wildman–Crippen LogP) is 4.96. The maximum Gasteiger partial charge on any atom is 0.416 e. The van der Waals surface area contributed by atoms with Crippen LogP contribution in [0, 0.1) is 18.6 Å². The van der Waals surface area contributed by atoms with Crippen molar-refractivity contribution in [1.82, 2.24) is 0 Å². The molecule has 0 unspecified atom stereocenters. The van der Waals surface area contributed by atoms with E-state index in [9.17, 15) is 22.0 Å². The molecule has 0 aliphatic carbocycles. The van der Waals surface area contributed by atoms with E-state index in [4.69, 9.17) is 0 Å². The molecule has 0 spiro atoms. The van der Waals surface area contributed by atoms with Gasteiger partial charge in [-0.15, -0.1) is 0 Å². The Morgan fingerprint density at radius 1 is 0.789 bits per heavy atom. The van der Waals surface area contributed by atoms with Crippen LogP contribution < -0.4 is 0 Å². The summed E-state index contributed by atoms with van der Waals surface area (Å²) in [4.78, 5) is 0. The SMILES string of the molecule is Cc1cc(-c2ccc(F)c(F)c2)ccc1C(F)(F)F. The molecule has 0 bridgehead atoms. The third kappa shape index (κ3) is 2.75. The van der Waals surface area contributed by atoms with E-state index in [1.807, 2.05) is 0 Å². The monoisotopic (exact) mass is 272 g/mol. The van der Waals surface area contributed by atoms with E-state index in [0.717, 1.165) is 18.2 Å². The van der Waals surface area contributed by atoms with Gasteiger partial charge in [-0.25, -0.2) is 8.78 Å². The molecule has 2 rings (SSSR count). The Morgan fingerprint density at radius 2 is 1.37 bits per heavy atom. The van der Waals surface area contributed by atoms with Gasteiger partial charge >= 0.3 is 6.18 Å². The average molecular weight is 272 g/mol. The molecule has 19 heavy (non-hydrogen) atoms. The van der Waals surface area contributed by atoms with Crippen molar-refractivity contribution in [1.29, 1.82) is 0 Å². The van der Waals surface area contributed by atoms with Crippen molar-refractivity contribution < 1.29 is 22.0 Å². The van der Waals surface area contributed by atoms with Gasteiger partial charge in [-0.05, 0) is 41.8 Å². The topological polar surface area (TPSA) is 0 Å². The van der Waals surface area contributed by atoms with E-state index in [-0.39, 0.29) is 5.56 Å². The summed E-state index contributed by atoms with van der Waals surface area (Å²) < 4.78 is 63.6. The fourth-order valence-corrected chi connectivity index (χ4v) is 1.84. The smallest absolute Gasteiger partial charge is 0.204 e. The van der Waals surface area contributed by atoms with Gasteiger partial charge in [0.2, 0.25) is 0 Å². The largest absolute Gasteiger partial charge is 0.416 e. The number of aryl methyl sites for hydroxylation is 1. The lowest BCUT2D eigenvalue weighted by molar-refractivity contribution is -0.138. The molecule has 0 nitrogen and oxygen atoms in total. The molecule has 0 aliphatic rings. The second-order valence-corrected chi connectivity index (χ2v) is 4.16. The predicted molar refractivity (Wildman–Crippen MR) is 61.5 cm³/mol. The molecule has 2 aromatic rings. The standard InChI is InChI=1S/C14H9F5/c1-8-6-9(2-4-11(8)14(17,18)19)10-3-5-12(15)13(16)7-10/h2-7H,1H3. The summed E-state index contributed by atoms with van der Waals surface area (Å²) in [5, 5.41) is 0. The zero-order chi connectivity index (χ0) is 14.2. The molecular weight excluding hydrogens is 263 g/mol. The molecule has 5 heteroatoms. The number of benzene rings is 2. The van der Waals surface area contributed by atoms with Crippen LogP contribution in [0.1, 0.15) is 11.1 Å². The first-order valence-electron chi connectivity index (χ1n) is 5.42. The van der Waals surface area contributed by atoms with E-state index < -0.39 is 23.4 Å². The number of hydrogen-bond donors (Lipinski definition) is 0. The Labute approximate surface area is 106 Å². The average Bonchev–Trinajstić information content (AvgIpc) is 2.31. The minimum Gasteiger partial charge on any atom is -0.204 e. The second-order valence-electron chi connectivity index (χ2n) is 4.16. The lowest BCUT2D eigenvalue weighted by Gasteiger charge is -2.11. The maximum absolute atomic E-state index is 13.1. The highest BCUT2D eigenvalue weighted by Crippen LogP contribution is 2.34. The van der Waals surface area contributed by atoms with Gasteiger partial charge in [0.05, 0.1) is 5.56 Å². The second kappa shape index (κ2) is 4.64. The van der Waals surface area contributed by atoms with Crippen molar-refractivity contribution >= 4 is 0 Å². The number of hydrogen-bond acceptors (Lipinski definition) is 0. The minimum absolute atomic E-state index is 0.0368. The summed E-state index contributed by atoms with van der Waals surface area (Å²) in [6, 6.07) is 6.69. The Kier molecular flexibility index (Phi) is 3.30. The lowest BCUT2D eigenvalue weighted by atomic mass is 9.99. The Hall–Kier alpha value is -1.91. The molecule has 100 valence electrons. The quantitative estimate of drug-likeness (QED) is 0.644. The number of halogens is 5. The number of rotatable bonds is 1. The van der Waals surface area contributed by atoms with Gasteiger partial charge < -0.3 is 0 Å². The number of alkyl halides is 3. The van der Waals surface area contributed by atoms with Gasteiger partial charge in [-0.2, -0.15) is 13.2 Å². The van der Waals surface area contributed by atoms with Crippen LogP contribution in [0.5, 0.6) is 0 Å². The van der Waals surface area contributed by atoms with Crippen molar-refractivity contribution in [2.24, 2.45) is 0 Å². The first-order valence-corrected chi connectivity index (χ1v) is 5.42. The third-order valence-electron chi connectivity index (χ3n) is 2.78. The summed E-state index contributed by atoms with van der Waals surface area (Å²) in [5.41, 5.74) is 0.0358. The Balaban J connectivity index is 2.47. The van der Waals surface area contributed by atoms with E-state index in [1.54, 1.807) is 0 Å². The fourth-order valence-electron chi connectivity index (χ4n) is 1.84. The molecule has 0 saturated heterocycles. The van der Waals surface area contributed by atoms with Crippen molar-refractivity contribution in [2.75, 3.05) is 0 Å². The van der Waals surface area contributed by atoms with Crippen molar-refractivity contribution in [3.63, 3.8) is 0 Å². The lowest BCUT2D eigenvalue weighted by Crippen LogP contribution is -2.07. The third-order valence-corrected chi connectivity index (χ3v) is 2.78. The van der Waals surface area contributed by atoms with E-state index in [1.165, 1.54) is 25.1 Å². The summed E-state index contributed by atoms with van der Waals surface area (Å²) in [5.74, 6) is -2.03. The van der Waals surface area contributed by atoms with Crippen LogP contribution in [-0.2, 0) is 6.18 Å². The van der Waals surface area contributed by atoms with Gasteiger partial charge in [-0.1, -0.05) is 18.2 Å². The molecule has 0 amide bonds. The summed E-state index contributed by atoms with van der Waals surface area (Å²) in [7, 11) is 0. The zero-order valence-corrected chi connectivity index (χ0v) is 9.85. The van der Waals surface area contributed by atoms with Crippen LogP contribution in [0.25, 0.3) is 11.1 Å². The van der Waals surface area contributed by atoms with Crippen LogP contribution in [-0.4, -0.2) is 0 Å². The van der Waals surface area contributed by atoms with Gasteiger partial charge in [0.1, 0.15) is 0 Å². The van der Waals surface area contributed by atoms with Crippen molar-refractivity contribution in [3.05, 3.63) is 59.2 Å². The Morgan fingerprint density at radius 3 is 1.89 bits per heavy atom. The van der Waals surface area contributed by atoms with Gasteiger partial charge in [0.25, 0.3) is 0 Å². The molecule has 0 N–H and O–H groups in total. The van der Waals surface area contributed by atoms with Crippen LogP contribution in [0.4, 0.5) is 22.0 Å². The molecule has 0 radical (unpaired) electrons. The summed E-state index contributed by atoms with van der Waals surface area (Å²) in [6.07, 6.45) is -4.42. The fraction of sp³-hybridized carbons (Fsp3) is 0.143. The molecule has 0 atom stereocenters. The van der Waals surface area contributed by atoms with E-state index in [2.05, 4.69) is 0 Å². The molecule has 0 fully saturated rings. The Bertz CT molecular complexity index is 614. The molecule has 0 heterocycles. The first-order chi connectivity index (χ1) is 8.79. The normalized spacial score (nSPS) is 11.7. The van der Waals surface area contributed by atoms with Crippen molar-refractivity contribution in [2.45, 2.75) is 13.1 Å². The van der Waals surface area contributed by atoms with Gasteiger partial charge in [0.15, 0.2) is 11.6 Å². The highest BCUT2D eigenvalue weighted by atomic mass is 19.4. The molecule has 0 aromatic heterocycles. The van der Waals surface area contributed by atoms with Crippen molar-refractivity contribution in [3.8, 4) is 11.1 Å². The van der Waals surface area contributed by atoms with E-state index in [0.29, 0.717) is 11.1 Å². The van der Waals surface area contributed by atoms with Gasteiger partial charge in [0, 0.05) is 0 Å². The molecule has 2 aromatic carbocycles. The first kappa shape index (κ1) is 13.5. The summed E-state index contributed by atoms with van der Waals surface area (Å²) in [6.45, 7) is 1.33. The molecular formula is C14H9F5. The highest BCUT2D eigenvalue weighted by Gasteiger charge is 2.32. The van der Waals surface area contributed by atoms with E-state index >= 15 is 0 Å².